The molecule has 1 N–H and O–H groups in total. The molecule has 0 saturated carbocycles. The fourth-order valence-corrected chi connectivity index (χ4v) is 3.89. The van der Waals surface area contributed by atoms with Gasteiger partial charge in [0.15, 0.2) is 8.32 Å². The minimum absolute atomic E-state index is 0.177. The molecule has 2 aliphatic rings. The molecule has 0 heterocycles. The van der Waals surface area contributed by atoms with Gasteiger partial charge in [0, 0.05) is 5.57 Å². The molecule has 0 radical (unpaired) electrons. The van der Waals surface area contributed by atoms with Crippen molar-refractivity contribution in [1.82, 2.24) is 0 Å². The van der Waals surface area contributed by atoms with Gasteiger partial charge in [-0.05, 0) is 86.1 Å². The molecule has 2 nitrogen and oxygen atoms in total. The Labute approximate surface area is 173 Å². The van der Waals surface area contributed by atoms with Crippen LogP contribution in [0.15, 0.2) is 22.8 Å². The monoisotopic (exact) mass is 394 g/mol. The van der Waals surface area contributed by atoms with Crippen LogP contribution in [-0.2, 0) is 4.43 Å². The lowest BCUT2D eigenvalue weighted by molar-refractivity contribution is 0.265. The third kappa shape index (κ3) is 6.72. The standard InChI is InChI=1S/C25H34O2Si/c1-25(2,3)28(4,5)27-20-11-7-10-17-24(26)23-16-12-15-22(23)19-18-21-13-8-6-9-14-21/h13,24,26H,6,8-9,12,14-16,20H2,1-5H3. The van der Waals surface area contributed by atoms with Crippen LogP contribution in [-0.4, -0.2) is 26.1 Å². The molecule has 0 saturated heterocycles. The summed E-state index contributed by atoms with van der Waals surface area (Å²) in [5.74, 6) is 18.1. The van der Waals surface area contributed by atoms with E-state index >= 15 is 0 Å². The van der Waals surface area contributed by atoms with E-state index in [1.807, 2.05) is 0 Å². The molecule has 28 heavy (non-hydrogen) atoms. The van der Waals surface area contributed by atoms with E-state index < -0.39 is 14.4 Å². The average molecular weight is 395 g/mol. The Morgan fingerprint density at radius 1 is 1.07 bits per heavy atom. The fourth-order valence-electron chi connectivity index (χ4n) is 3.02. The Bertz CT molecular complexity index is 804. The van der Waals surface area contributed by atoms with Crippen LogP contribution in [0.3, 0.4) is 0 Å². The molecule has 2 aliphatic carbocycles. The second kappa shape index (κ2) is 10.2. The van der Waals surface area contributed by atoms with Crippen LogP contribution in [0.1, 0.15) is 65.7 Å². The van der Waals surface area contributed by atoms with Crippen molar-refractivity contribution in [1.29, 1.82) is 0 Å². The van der Waals surface area contributed by atoms with Crippen LogP contribution in [0, 0.1) is 35.5 Å². The fraction of sp³-hybridized carbons (Fsp3) is 0.600. The minimum atomic E-state index is -1.77. The summed E-state index contributed by atoms with van der Waals surface area (Å²) in [6.07, 6.45) is 9.09. The first-order valence-electron chi connectivity index (χ1n) is 10.4. The molecule has 0 aliphatic heterocycles. The molecule has 1 atom stereocenters. The number of aliphatic hydroxyl groups is 1. The number of allylic oxidation sites excluding steroid dienone is 3. The van der Waals surface area contributed by atoms with Crippen LogP contribution < -0.4 is 0 Å². The molecular formula is C25H34O2Si. The van der Waals surface area contributed by atoms with Crippen molar-refractivity contribution >= 4 is 8.32 Å². The Morgan fingerprint density at radius 2 is 1.86 bits per heavy atom. The van der Waals surface area contributed by atoms with Crippen molar-refractivity contribution in [2.24, 2.45) is 0 Å². The summed E-state index contributed by atoms with van der Waals surface area (Å²) in [6, 6.07) is 0. The summed E-state index contributed by atoms with van der Waals surface area (Å²) in [5.41, 5.74) is 3.30. The lowest BCUT2D eigenvalue weighted by atomic mass is 9.99. The van der Waals surface area contributed by atoms with Gasteiger partial charge in [0.05, 0.1) is 6.61 Å². The predicted molar refractivity (Wildman–Crippen MR) is 120 cm³/mol. The van der Waals surface area contributed by atoms with Gasteiger partial charge in [-0.2, -0.15) is 0 Å². The zero-order valence-corrected chi connectivity index (χ0v) is 19.2. The number of aliphatic hydroxyl groups excluding tert-OH is 1. The average Bonchev–Trinajstić information content (AvgIpc) is 3.11. The van der Waals surface area contributed by atoms with Crippen LogP contribution in [0.4, 0.5) is 0 Å². The van der Waals surface area contributed by atoms with E-state index in [1.165, 1.54) is 18.4 Å². The number of hydrogen-bond donors (Lipinski definition) is 1. The normalized spacial score (nSPS) is 18.1. The highest BCUT2D eigenvalue weighted by molar-refractivity contribution is 6.74. The molecule has 0 spiro atoms. The van der Waals surface area contributed by atoms with Crippen molar-refractivity contribution in [3.05, 3.63) is 22.8 Å². The summed E-state index contributed by atoms with van der Waals surface area (Å²) in [4.78, 5) is 0. The van der Waals surface area contributed by atoms with E-state index in [4.69, 9.17) is 4.43 Å². The second-order valence-corrected chi connectivity index (χ2v) is 13.9. The highest BCUT2D eigenvalue weighted by Gasteiger charge is 2.36. The quantitative estimate of drug-likeness (QED) is 0.516. The first-order chi connectivity index (χ1) is 13.2. The number of hydrogen-bond acceptors (Lipinski definition) is 2. The summed E-state index contributed by atoms with van der Waals surface area (Å²) >= 11 is 0. The molecule has 150 valence electrons. The molecule has 2 rings (SSSR count). The molecule has 0 amide bonds. The van der Waals surface area contributed by atoms with E-state index in [0.29, 0.717) is 6.61 Å². The van der Waals surface area contributed by atoms with Crippen molar-refractivity contribution in [2.75, 3.05) is 6.61 Å². The molecule has 0 bridgehead atoms. The van der Waals surface area contributed by atoms with Gasteiger partial charge in [-0.15, -0.1) is 0 Å². The maximum atomic E-state index is 10.4. The Morgan fingerprint density at radius 3 is 2.54 bits per heavy atom. The SMILES string of the molecule is CC(C)(C)[Si](C)(C)OCC#CC#CC(O)C1=C(C#CC2=CCCCC2)CCC1. The van der Waals surface area contributed by atoms with Crippen molar-refractivity contribution in [3.8, 4) is 35.5 Å². The van der Waals surface area contributed by atoms with Crippen LogP contribution in [0.25, 0.3) is 0 Å². The van der Waals surface area contributed by atoms with E-state index in [9.17, 15) is 5.11 Å². The van der Waals surface area contributed by atoms with Crippen molar-refractivity contribution < 1.29 is 9.53 Å². The zero-order valence-electron chi connectivity index (χ0n) is 18.2. The molecule has 0 aromatic rings. The Balaban J connectivity index is 1.95. The van der Waals surface area contributed by atoms with Crippen LogP contribution in [0.5, 0.6) is 0 Å². The van der Waals surface area contributed by atoms with Crippen molar-refractivity contribution in [2.45, 2.75) is 90.0 Å². The van der Waals surface area contributed by atoms with Crippen molar-refractivity contribution in [3.63, 3.8) is 0 Å². The van der Waals surface area contributed by atoms with Gasteiger partial charge in [-0.3, -0.25) is 0 Å². The van der Waals surface area contributed by atoms with Gasteiger partial charge in [-0.25, -0.2) is 0 Å². The van der Waals surface area contributed by atoms with Gasteiger partial charge in [-0.1, -0.05) is 50.5 Å². The minimum Gasteiger partial charge on any atom is -0.406 e. The van der Waals surface area contributed by atoms with E-state index in [2.05, 4.69) is 75.5 Å². The maximum absolute atomic E-state index is 10.4. The highest BCUT2D eigenvalue weighted by atomic mass is 28.4. The summed E-state index contributed by atoms with van der Waals surface area (Å²) < 4.78 is 6.01. The molecular weight excluding hydrogens is 360 g/mol. The summed E-state index contributed by atoms with van der Waals surface area (Å²) in [6.45, 7) is 11.5. The lowest BCUT2D eigenvalue weighted by Crippen LogP contribution is -2.40. The first-order valence-corrected chi connectivity index (χ1v) is 13.3. The molecule has 0 aromatic carbocycles. The molecule has 1 unspecified atom stereocenters. The Kier molecular flexibility index (Phi) is 8.21. The topological polar surface area (TPSA) is 29.5 Å². The molecule has 3 heteroatoms. The Hall–Kier alpha value is -1.70. The van der Waals surface area contributed by atoms with E-state index in [-0.39, 0.29) is 5.04 Å². The highest BCUT2D eigenvalue weighted by Crippen LogP contribution is 2.36. The smallest absolute Gasteiger partial charge is 0.193 e. The van der Waals surface area contributed by atoms with E-state index in [0.717, 1.165) is 43.3 Å². The first kappa shape index (κ1) is 22.6. The van der Waals surface area contributed by atoms with Crippen LogP contribution in [0.2, 0.25) is 18.1 Å². The predicted octanol–water partition coefficient (Wildman–Crippen LogP) is 5.36. The van der Waals surface area contributed by atoms with Gasteiger partial charge in [0.2, 0.25) is 0 Å². The van der Waals surface area contributed by atoms with Gasteiger partial charge < -0.3 is 9.53 Å². The lowest BCUT2D eigenvalue weighted by Gasteiger charge is -2.35. The summed E-state index contributed by atoms with van der Waals surface area (Å²) in [7, 11) is -1.77. The molecule has 0 aromatic heterocycles. The van der Waals surface area contributed by atoms with Gasteiger partial charge >= 0.3 is 0 Å². The third-order valence-corrected chi connectivity index (χ3v) is 10.4. The number of rotatable bonds is 3. The maximum Gasteiger partial charge on any atom is 0.193 e. The van der Waals surface area contributed by atoms with E-state index in [1.54, 1.807) is 0 Å². The summed E-state index contributed by atoms with van der Waals surface area (Å²) in [5, 5.41) is 10.6. The zero-order chi connectivity index (χ0) is 20.6. The van der Waals surface area contributed by atoms with Gasteiger partial charge in [0.1, 0.15) is 6.10 Å². The molecule has 0 fully saturated rings. The third-order valence-electron chi connectivity index (χ3n) is 5.93. The largest absolute Gasteiger partial charge is 0.406 e. The second-order valence-electron chi connectivity index (χ2n) is 9.11. The van der Waals surface area contributed by atoms with Gasteiger partial charge in [0.25, 0.3) is 0 Å². The van der Waals surface area contributed by atoms with Crippen LogP contribution >= 0.6 is 0 Å².